The molecule has 7 nitrogen and oxygen atoms in total. The van der Waals surface area contributed by atoms with Crippen LogP contribution in [0.1, 0.15) is 25.7 Å². The molecular weight excluding hydrogens is 322 g/mol. The van der Waals surface area contributed by atoms with Crippen LogP contribution in [0.3, 0.4) is 0 Å². The second-order valence-corrected chi connectivity index (χ2v) is 6.66. The van der Waals surface area contributed by atoms with Gasteiger partial charge in [-0.25, -0.2) is 0 Å². The Labute approximate surface area is 145 Å². The molecule has 1 atom stereocenters. The minimum Gasteiger partial charge on any atom is -0.487 e. The van der Waals surface area contributed by atoms with Gasteiger partial charge in [-0.2, -0.15) is 0 Å². The predicted molar refractivity (Wildman–Crippen MR) is 91.9 cm³/mol. The number of Topliss-reactive ketones (excluding diaryl/α,β-unsaturated/α-hetero) is 1. The van der Waals surface area contributed by atoms with Crippen LogP contribution in [0, 0.1) is 0 Å². The number of rotatable bonds is 2. The quantitative estimate of drug-likeness (QED) is 0.803. The van der Waals surface area contributed by atoms with E-state index in [1.165, 1.54) is 0 Å². The molecule has 1 aromatic rings. The smallest absolute Gasteiger partial charge is 0.249 e. The van der Waals surface area contributed by atoms with Crippen LogP contribution in [-0.2, 0) is 14.4 Å². The van der Waals surface area contributed by atoms with Crippen LogP contribution in [0.4, 0.5) is 11.4 Å². The van der Waals surface area contributed by atoms with Gasteiger partial charge in [0.05, 0.1) is 17.9 Å². The summed E-state index contributed by atoms with van der Waals surface area (Å²) in [5.41, 5.74) is 1.86. The van der Waals surface area contributed by atoms with Crippen LogP contribution in [0.15, 0.2) is 18.2 Å². The van der Waals surface area contributed by atoms with Crippen molar-refractivity contribution in [2.45, 2.75) is 31.7 Å². The van der Waals surface area contributed by atoms with E-state index in [-0.39, 0.29) is 17.9 Å². The number of ether oxygens (including phenoxy) is 1. The molecule has 2 fully saturated rings. The molecule has 0 radical (unpaired) electrons. The number of anilines is 2. The average Bonchev–Trinajstić information content (AvgIpc) is 2.62. The summed E-state index contributed by atoms with van der Waals surface area (Å²) in [4.78, 5) is 39.4. The third-order valence-corrected chi connectivity index (χ3v) is 5.11. The number of fused-ring (bicyclic) bond motifs is 1. The van der Waals surface area contributed by atoms with Gasteiger partial charge in [-0.05, 0) is 18.6 Å². The number of carbonyl (C=O) groups excluding carboxylic acids is 3. The molecule has 0 spiro atoms. The van der Waals surface area contributed by atoms with Crippen molar-refractivity contribution >= 4 is 29.0 Å². The van der Waals surface area contributed by atoms with E-state index in [0.717, 1.165) is 17.1 Å². The molecule has 0 aliphatic carbocycles. The van der Waals surface area contributed by atoms with Crippen molar-refractivity contribution in [3.63, 3.8) is 0 Å². The van der Waals surface area contributed by atoms with Crippen molar-refractivity contribution in [1.82, 2.24) is 5.32 Å². The predicted octanol–water partition coefficient (Wildman–Crippen LogP) is 0.860. The topological polar surface area (TPSA) is 79.0 Å². The number of amides is 2. The van der Waals surface area contributed by atoms with E-state index < -0.39 is 0 Å². The summed E-state index contributed by atoms with van der Waals surface area (Å²) in [6.45, 7) is 2.49. The zero-order valence-corrected chi connectivity index (χ0v) is 14.0. The Bertz CT molecular complexity index is 723. The molecule has 1 N–H and O–H groups in total. The molecule has 3 heterocycles. The van der Waals surface area contributed by atoms with E-state index in [9.17, 15) is 14.4 Å². The number of benzene rings is 1. The number of para-hydroxylation sites is 1. The van der Waals surface area contributed by atoms with E-state index >= 15 is 0 Å². The standard InChI is InChI=1S/C18H21N3O4/c22-12-6-8-20(9-7-12)13-2-1-3-14-17(13)25-11-10-21(14)15-4-5-16(23)19-18(15)24/h1-3,15H,4-11H2,(H,19,23,24). The first kappa shape index (κ1) is 15.9. The monoisotopic (exact) mass is 343 g/mol. The SMILES string of the molecule is O=C1CCN(c2cccc3c2OCCN3C2CCC(=O)NC2=O)CC1. The highest BCUT2D eigenvalue weighted by Gasteiger charge is 2.35. The van der Waals surface area contributed by atoms with Crippen LogP contribution >= 0.6 is 0 Å². The summed E-state index contributed by atoms with van der Waals surface area (Å²) in [7, 11) is 0. The average molecular weight is 343 g/mol. The number of carbonyl (C=O) groups is 3. The number of nitrogens with zero attached hydrogens (tertiary/aromatic N) is 2. The second kappa shape index (κ2) is 6.38. The first-order valence-corrected chi connectivity index (χ1v) is 8.76. The lowest BCUT2D eigenvalue weighted by Gasteiger charge is -2.40. The maximum Gasteiger partial charge on any atom is 0.249 e. The third kappa shape index (κ3) is 2.94. The molecule has 0 bridgehead atoms. The molecule has 7 heteroatoms. The molecule has 2 saturated heterocycles. The van der Waals surface area contributed by atoms with Crippen LogP contribution in [0.2, 0.25) is 0 Å². The summed E-state index contributed by atoms with van der Waals surface area (Å²) in [5, 5.41) is 2.43. The molecule has 1 unspecified atom stereocenters. The largest absolute Gasteiger partial charge is 0.487 e. The van der Waals surface area contributed by atoms with Crippen molar-refractivity contribution in [3.05, 3.63) is 18.2 Å². The van der Waals surface area contributed by atoms with Gasteiger partial charge in [0.25, 0.3) is 0 Å². The fourth-order valence-corrected chi connectivity index (χ4v) is 3.80. The summed E-state index contributed by atoms with van der Waals surface area (Å²) in [5.74, 6) is 0.625. The molecule has 25 heavy (non-hydrogen) atoms. The van der Waals surface area contributed by atoms with Gasteiger partial charge < -0.3 is 14.5 Å². The zero-order valence-electron chi connectivity index (χ0n) is 14.0. The molecule has 0 aromatic heterocycles. The van der Waals surface area contributed by atoms with Crippen molar-refractivity contribution in [2.75, 3.05) is 36.0 Å². The lowest BCUT2D eigenvalue weighted by molar-refractivity contribution is -0.134. The Balaban J connectivity index is 1.64. The number of hydrogen-bond acceptors (Lipinski definition) is 6. The van der Waals surface area contributed by atoms with Gasteiger partial charge in [0.15, 0.2) is 5.75 Å². The maximum atomic E-state index is 12.3. The van der Waals surface area contributed by atoms with Crippen LogP contribution < -0.4 is 19.9 Å². The van der Waals surface area contributed by atoms with Crippen molar-refractivity contribution in [1.29, 1.82) is 0 Å². The number of imide groups is 1. The maximum absolute atomic E-state index is 12.3. The van der Waals surface area contributed by atoms with E-state index in [0.29, 0.717) is 57.7 Å². The number of piperidine rings is 2. The summed E-state index contributed by atoms with van der Waals surface area (Å²) in [6.07, 6.45) is 1.99. The molecule has 3 aliphatic heterocycles. The van der Waals surface area contributed by atoms with Gasteiger partial charge >= 0.3 is 0 Å². The lowest BCUT2D eigenvalue weighted by Crippen LogP contribution is -2.54. The van der Waals surface area contributed by atoms with Gasteiger partial charge in [0.1, 0.15) is 18.4 Å². The second-order valence-electron chi connectivity index (χ2n) is 6.66. The molecule has 3 aliphatic rings. The van der Waals surface area contributed by atoms with Crippen LogP contribution in [0.5, 0.6) is 5.75 Å². The lowest BCUT2D eigenvalue weighted by atomic mass is 10.0. The highest BCUT2D eigenvalue weighted by molar-refractivity contribution is 6.02. The Morgan fingerprint density at radius 2 is 1.76 bits per heavy atom. The Kier molecular flexibility index (Phi) is 4.07. The number of ketones is 1. The zero-order chi connectivity index (χ0) is 17.4. The summed E-state index contributed by atoms with van der Waals surface area (Å²) < 4.78 is 5.95. The minimum absolute atomic E-state index is 0.207. The number of nitrogens with one attached hydrogen (secondary N) is 1. The first-order chi connectivity index (χ1) is 12.1. The van der Waals surface area contributed by atoms with Crippen molar-refractivity contribution in [3.8, 4) is 5.75 Å². The van der Waals surface area contributed by atoms with E-state index in [1.54, 1.807) is 0 Å². The molecule has 2 amide bonds. The fraction of sp³-hybridized carbons (Fsp3) is 0.500. The first-order valence-electron chi connectivity index (χ1n) is 8.76. The van der Waals surface area contributed by atoms with Gasteiger partial charge in [0.2, 0.25) is 11.8 Å². The third-order valence-electron chi connectivity index (χ3n) is 5.11. The summed E-state index contributed by atoms with van der Waals surface area (Å²) >= 11 is 0. The molecule has 0 saturated carbocycles. The Morgan fingerprint density at radius 3 is 2.52 bits per heavy atom. The molecule has 4 rings (SSSR count). The normalized spacial score (nSPS) is 23.8. The van der Waals surface area contributed by atoms with E-state index in [4.69, 9.17) is 4.74 Å². The van der Waals surface area contributed by atoms with Gasteiger partial charge in [0, 0.05) is 32.4 Å². The molecule has 132 valence electrons. The van der Waals surface area contributed by atoms with Crippen LogP contribution in [-0.4, -0.2) is 49.9 Å². The van der Waals surface area contributed by atoms with E-state index in [2.05, 4.69) is 10.2 Å². The van der Waals surface area contributed by atoms with Crippen molar-refractivity contribution < 1.29 is 19.1 Å². The van der Waals surface area contributed by atoms with Gasteiger partial charge in [-0.3, -0.25) is 19.7 Å². The van der Waals surface area contributed by atoms with Gasteiger partial charge in [-0.1, -0.05) is 6.07 Å². The molecule has 1 aromatic carbocycles. The van der Waals surface area contributed by atoms with Gasteiger partial charge in [-0.15, -0.1) is 0 Å². The highest BCUT2D eigenvalue weighted by atomic mass is 16.5. The summed E-state index contributed by atoms with van der Waals surface area (Å²) in [6, 6.07) is 5.57. The fourth-order valence-electron chi connectivity index (χ4n) is 3.80. The molecular formula is C18H21N3O4. The van der Waals surface area contributed by atoms with Crippen molar-refractivity contribution in [2.24, 2.45) is 0 Å². The van der Waals surface area contributed by atoms with E-state index in [1.807, 2.05) is 23.1 Å². The minimum atomic E-state index is -0.349. The number of hydrogen-bond donors (Lipinski definition) is 1. The van der Waals surface area contributed by atoms with Crippen LogP contribution in [0.25, 0.3) is 0 Å². The Morgan fingerprint density at radius 1 is 1.00 bits per heavy atom. The highest BCUT2D eigenvalue weighted by Crippen LogP contribution is 2.42. The Hall–Kier alpha value is -2.57.